The Balaban J connectivity index is 1.99. The Morgan fingerprint density at radius 1 is 1.35 bits per heavy atom. The molecule has 2 amide bonds. The maximum atomic E-state index is 12.8. The number of hydrogen-bond donors (Lipinski definition) is 1. The lowest BCUT2D eigenvalue weighted by Crippen LogP contribution is -2.65. The van der Waals surface area contributed by atoms with E-state index < -0.39 is 6.04 Å². The molecule has 2 heterocycles. The van der Waals surface area contributed by atoms with Crippen LogP contribution in [-0.4, -0.2) is 28.9 Å². The van der Waals surface area contributed by atoms with Crippen LogP contribution in [0, 0.1) is 11.8 Å². The molecule has 2 atom stereocenters. The zero-order valence-electron chi connectivity index (χ0n) is 11.7. The summed E-state index contributed by atoms with van der Waals surface area (Å²) in [4.78, 5) is 30.8. The van der Waals surface area contributed by atoms with Gasteiger partial charge in [0.25, 0.3) is 5.91 Å². The molecule has 0 aromatic carbocycles. The van der Waals surface area contributed by atoms with Gasteiger partial charge < -0.3 is 5.32 Å². The van der Waals surface area contributed by atoms with Crippen LogP contribution in [0.15, 0.2) is 24.5 Å². The first-order chi connectivity index (χ1) is 9.59. The van der Waals surface area contributed by atoms with Gasteiger partial charge in [0, 0.05) is 6.20 Å². The van der Waals surface area contributed by atoms with Crippen LogP contribution in [0.4, 0.5) is 5.69 Å². The lowest BCUT2D eigenvalue weighted by molar-refractivity contribution is -0.135. The fraction of sp³-hybridized carbons (Fsp3) is 0.533. The van der Waals surface area contributed by atoms with Crippen molar-refractivity contribution < 1.29 is 9.59 Å². The smallest absolute Gasteiger partial charge is 0.250 e. The van der Waals surface area contributed by atoms with Crippen LogP contribution >= 0.6 is 0 Å². The van der Waals surface area contributed by atoms with Crippen LogP contribution in [0.25, 0.3) is 0 Å². The molecule has 0 spiro atoms. The number of anilines is 1. The second-order valence-electron chi connectivity index (χ2n) is 5.93. The second-order valence-corrected chi connectivity index (χ2v) is 5.93. The summed E-state index contributed by atoms with van der Waals surface area (Å²) in [7, 11) is 0. The standard InChI is InChI=1S/C15H19N3O2/c1-9(2)13-14(19)17-12(10-5-6-10)15(20)18(13)11-4-3-7-16-8-11/h3-4,7-10,12-13H,5-6H2,1-2H3,(H,17,19). The van der Waals surface area contributed by atoms with E-state index in [0.717, 1.165) is 12.8 Å². The first-order valence-electron chi connectivity index (χ1n) is 7.13. The molecule has 2 unspecified atom stereocenters. The van der Waals surface area contributed by atoms with E-state index >= 15 is 0 Å². The quantitative estimate of drug-likeness (QED) is 0.904. The summed E-state index contributed by atoms with van der Waals surface area (Å²) in [6, 6.07) is 2.81. The van der Waals surface area contributed by atoms with Gasteiger partial charge in [0.2, 0.25) is 5.91 Å². The molecular weight excluding hydrogens is 254 g/mol. The van der Waals surface area contributed by atoms with Gasteiger partial charge in [-0.2, -0.15) is 0 Å². The van der Waals surface area contributed by atoms with Crippen molar-refractivity contribution in [3.05, 3.63) is 24.5 Å². The molecule has 2 fully saturated rings. The summed E-state index contributed by atoms with van der Waals surface area (Å²) in [5.41, 5.74) is 0.705. The van der Waals surface area contributed by atoms with Crippen molar-refractivity contribution in [2.75, 3.05) is 4.90 Å². The van der Waals surface area contributed by atoms with Gasteiger partial charge in [-0.05, 0) is 36.8 Å². The Hall–Kier alpha value is -1.91. The van der Waals surface area contributed by atoms with Crippen molar-refractivity contribution in [3.63, 3.8) is 0 Å². The fourth-order valence-electron chi connectivity index (χ4n) is 2.84. The minimum atomic E-state index is -0.457. The number of amides is 2. The molecule has 5 nitrogen and oxygen atoms in total. The van der Waals surface area contributed by atoms with Gasteiger partial charge in [0.15, 0.2) is 0 Å². The maximum absolute atomic E-state index is 12.8. The number of carbonyl (C=O) groups excluding carboxylic acids is 2. The summed E-state index contributed by atoms with van der Waals surface area (Å²) in [6.45, 7) is 3.91. The average molecular weight is 273 g/mol. The van der Waals surface area contributed by atoms with Gasteiger partial charge in [-0.15, -0.1) is 0 Å². The van der Waals surface area contributed by atoms with Crippen LogP contribution in [0.5, 0.6) is 0 Å². The predicted octanol–water partition coefficient (Wildman–Crippen LogP) is 1.35. The number of carbonyl (C=O) groups is 2. The summed E-state index contributed by atoms with van der Waals surface area (Å²) < 4.78 is 0. The number of nitrogens with zero attached hydrogens (tertiary/aromatic N) is 2. The maximum Gasteiger partial charge on any atom is 0.250 e. The van der Waals surface area contributed by atoms with Crippen LogP contribution in [0.1, 0.15) is 26.7 Å². The van der Waals surface area contributed by atoms with Crippen LogP contribution < -0.4 is 10.2 Å². The molecule has 0 radical (unpaired) electrons. The Kier molecular flexibility index (Phi) is 3.20. The molecule has 5 heteroatoms. The van der Waals surface area contributed by atoms with Gasteiger partial charge in [-0.3, -0.25) is 19.5 Å². The summed E-state index contributed by atoms with van der Waals surface area (Å²) >= 11 is 0. The highest BCUT2D eigenvalue weighted by molar-refractivity contribution is 6.08. The van der Waals surface area contributed by atoms with E-state index in [1.54, 1.807) is 23.4 Å². The van der Waals surface area contributed by atoms with Gasteiger partial charge in [0.1, 0.15) is 12.1 Å². The van der Waals surface area contributed by atoms with E-state index in [0.29, 0.717) is 11.6 Å². The number of nitrogens with one attached hydrogen (secondary N) is 1. The monoisotopic (exact) mass is 273 g/mol. The Labute approximate surface area is 118 Å². The van der Waals surface area contributed by atoms with Gasteiger partial charge in [-0.25, -0.2) is 0 Å². The Morgan fingerprint density at radius 3 is 2.65 bits per heavy atom. The Bertz CT molecular complexity index is 525. The van der Waals surface area contributed by atoms with E-state index in [4.69, 9.17) is 0 Å². The van der Waals surface area contributed by atoms with Crippen molar-refractivity contribution in [1.82, 2.24) is 10.3 Å². The van der Waals surface area contributed by atoms with Crippen molar-refractivity contribution in [3.8, 4) is 0 Å². The first-order valence-corrected chi connectivity index (χ1v) is 7.13. The van der Waals surface area contributed by atoms with Crippen molar-refractivity contribution in [2.24, 2.45) is 11.8 Å². The van der Waals surface area contributed by atoms with E-state index in [1.165, 1.54) is 0 Å². The average Bonchev–Trinajstić information content (AvgIpc) is 3.25. The lowest BCUT2D eigenvalue weighted by atomic mass is 9.95. The van der Waals surface area contributed by atoms with E-state index in [2.05, 4.69) is 10.3 Å². The predicted molar refractivity (Wildman–Crippen MR) is 75.0 cm³/mol. The molecule has 1 aromatic heterocycles. The molecular formula is C15H19N3O2. The third-order valence-corrected chi connectivity index (χ3v) is 4.00. The number of piperazine rings is 1. The number of rotatable bonds is 3. The fourth-order valence-corrected chi connectivity index (χ4v) is 2.84. The van der Waals surface area contributed by atoms with Crippen LogP contribution in [0.3, 0.4) is 0 Å². The molecule has 20 heavy (non-hydrogen) atoms. The summed E-state index contributed by atoms with van der Waals surface area (Å²) in [5.74, 6) is 0.303. The molecule has 0 bridgehead atoms. The number of aromatic nitrogens is 1. The SMILES string of the molecule is CC(C)C1C(=O)NC(C2CC2)C(=O)N1c1cccnc1. The zero-order chi connectivity index (χ0) is 14.3. The molecule has 1 N–H and O–H groups in total. The van der Waals surface area contributed by atoms with Crippen molar-refractivity contribution in [2.45, 2.75) is 38.8 Å². The van der Waals surface area contributed by atoms with Crippen LogP contribution in [0.2, 0.25) is 0 Å². The van der Waals surface area contributed by atoms with Gasteiger partial charge >= 0.3 is 0 Å². The Morgan fingerprint density at radius 2 is 2.10 bits per heavy atom. The molecule has 1 saturated carbocycles. The van der Waals surface area contributed by atoms with Gasteiger partial charge in [-0.1, -0.05) is 13.8 Å². The highest BCUT2D eigenvalue weighted by atomic mass is 16.2. The summed E-state index contributed by atoms with van der Waals surface area (Å²) in [5, 5.41) is 2.91. The molecule has 2 aliphatic rings. The molecule has 1 aromatic rings. The highest BCUT2D eigenvalue weighted by Gasteiger charge is 2.48. The van der Waals surface area contributed by atoms with Crippen molar-refractivity contribution >= 4 is 17.5 Å². The third kappa shape index (κ3) is 2.17. The number of pyridine rings is 1. The molecule has 1 saturated heterocycles. The molecule has 3 rings (SSSR count). The normalized spacial score (nSPS) is 26.9. The topological polar surface area (TPSA) is 62.3 Å². The minimum absolute atomic E-state index is 0.00111. The van der Waals surface area contributed by atoms with E-state index in [9.17, 15) is 9.59 Å². The van der Waals surface area contributed by atoms with Crippen molar-refractivity contribution in [1.29, 1.82) is 0 Å². The number of hydrogen-bond acceptors (Lipinski definition) is 3. The molecule has 1 aliphatic carbocycles. The van der Waals surface area contributed by atoms with Gasteiger partial charge in [0.05, 0.1) is 11.9 Å². The zero-order valence-corrected chi connectivity index (χ0v) is 11.7. The second kappa shape index (κ2) is 4.89. The van der Waals surface area contributed by atoms with E-state index in [-0.39, 0.29) is 23.8 Å². The lowest BCUT2D eigenvalue weighted by Gasteiger charge is -2.40. The van der Waals surface area contributed by atoms with E-state index in [1.807, 2.05) is 19.9 Å². The molecule has 1 aliphatic heterocycles. The highest BCUT2D eigenvalue weighted by Crippen LogP contribution is 2.36. The summed E-state index contributed by atoms with van der Waals surface area (Å²) in [6.07, 6.45) is 5.35. The first kappa shape index (κ1) is 13.1. The van der Waals surface area contributed by atoms with Crippen LogP contribution in [-0.2, 0) is 9.59 Å². The molecule has 106 valence electrons. The third-order valence-electron chi connectivity index (χ3n) is 4.00. The largest absolute Gasteiger partial charge is 0.342 e. The minimum Gasteiger partial charge on any atom is -0.342 e.